The van der Waals surface area contributed by atoms with Crippen molar-refractivity contribution in [2.24, 2.45) is 0 Å². The average Bonchev–Trinajstić information content (AvgIpc) is 2.07. The number of nitrogens with zero attached hydrogens (tertiary/aromatic N) is 1. The molecule has 0 saturated carbocycles. The first-order chi connectivity index (χ1) is 7.20. The minimum atomic E-state index is -5.09. The lowest BCUT2D eigenvalue weighted by Gasteiger charge is -2.14. The van der Waals surface area contributed by atoms with Gasteiger partial charge < -0.3 is 10.5 Å². The summed E-state index contributed by atoms with van der Waals surface area (Å²) in [6, 6.07) is 0.794. The average molecular weight is 242 g/mol. The number of nitrogens with two attached hydrogens (primary N) is 1. The van der Waals surface area contributed by atoms with Gasteiger partial charge in [-0.25, -0.2) is 13.8 Å². The van der Waals surface area contributed by atoms with Gasteiger partial charge in [-0.1, -0.05) is 0 Å². The molecule has 8 heteroatoms. The van der Waals surface area contributed by atoms with Crippen molar-refractivity contribution in [3.05, 3.63) is 17.3 Å². The largest absolute Gasteiger partial charge is 0.573 e. The maximum Gasteiger partial charge on any atom is 0.573 e. The SMILES string of the molecule is Cc1cc(C(F)F)c(OC(F)(F)F)c(N)n1. The van der Waals surface area contributed by atoms with Gasteiger partial charge in [0.15, 0.2) is 11.6 Å². The van der Waals surface area contributed by atoms with Gasteiger partial charge in [0, 0.05) is 5.69 Å². The van der Waals surface area contributed by atoms with Crippen LogP contribution in [0, 0.1) is 6.92 Å². The highest BCUT2D eigenvalue weighted by molar-refractivity contribution is 5.52. The zero-order chi connectivity index (χ0) is 12.5. The van der Waals surface area contributed by atoms with Crippen molar-refractivity contribution < 1.29 is 26.7 Å². The van der Waals surface area contributed by atoms with Crippen LogP contribution in [0.5, 0.6) is 5.75 Å². The van der Waals surface area contributed by atoms with Crippen molar-refractivity contribution in [2.75, 3.05) is 5.73 Å². The van der Waals surface area contributed by atoms with E-state index in [9.17, 15) is 22.0 Å². The van der Waals surface area contributed by atoms with E-state index in [-0.39, 0.29) is 5.69 Å². The summed E-state index contributed by atoms with van der Waals surface area (Å²) < 4.78 is 64.0. The molecule has 0 aromatic carbocycles. The number of anilines is 1. The van der Waals surface area contributed by atoms with Crippen LogP contribution < -0.4 is 10.5 Å². The quantitative estimate of drug-likeness (QED) is 0.811. The number of aryl methyl sites for hydroxylation is 1. The lowest BCUT2D eigenvalue weighted by atomic mass is 10.2. The fourth-order valence-corrected chi connectivity index (χ4v) is 1.10. The van der Waals surface area contributed by atoms with Gasteiger partial charge >= 0.3 is 6.36 Å². The highest BCUT2D eigenvalue weighted by atomic mass is 19.4. The van der Waals surface area contributed by atoms with Gasteiger partial charge in [0.25, 0.3) is 6.43 Å². The Morgan fingerprint density at radius 1 is 1.38 bits per heavy atom. The molecule has 2 N–H and O–H groups in total. The van der Waals surface area contributed by atoms with E-state index >= 15 is 0 Å². The number of halogens is 5. The molecule has 0 atom stereocenters. The van der Waals surface area contributed by atoms with Crippen molar-refractivity contribution >= 4 is 5.82 Å². The first-order valence-electron chi connectivity index (χ1n) is 4.01. The molecule has 1 rings (SSSR count). The summed E-state index contributed by atoms with van der Waals surface area (Å²) in [6.45, 7) is 1.33. The minimum absolute atomic E-state index is 0.0855. The lowest BCUT2D eigenvalue weighted by molar-refractivity contribution is -0.275. The number of alkyl halides is 5. The molecule has 1 heterocycles. The predicted octanol–water partition coefficient (Wildman–Crippen LogP) is 2.81. The van der Waals surface area contributed by atoms with E-state index in [2.05, 4.69) is 9.72 Å². The Balaban J connectivity index is 3.25. The van der Waals surface area contributed by atoms with Gasteiger partial charge in [-0.15, -0.1) is 13.2 Å². The molecule has 0 radical (unpaired) electrons. The molecule has 0 saturated heterocycles. The molecule has 0 amide bonds. The Morgan fingerprint density at radius 2 is 1.94 bits per heavy atom. The normalized spacial score (nSPS) is 11.9. The lowest BCUT2D eigenvalue weighted by Crippen LogP contribution is -2.20. The number of aromatic nitrogens is 1. The molecule has 3 nitrogen and oxygen atoms in total. The van der Waals surface area contributed by atoms with Crippen LogP contribution in [0.15, 0.2) is 6.07 Å². The van der Waals surface area contributed by atoms with Crippen LogP contribution in [-0.4, -0.2) is 11.3 Å². The Morgan fingerprint density at radius 3 is 2.38 bits per heavy atom. The standard InChI is InChI=1S/C8H7F5N2O/c1-3-2-4(6(9)10)5(7(14)15-3)16-8(11,12)13/h2,6H,1H3,(H2,14,15). The summed E-state index contributed by atoms with van der Waals surface area (Å²) in [4.78, 5) is 3.42. The number of hydrogen-bond acceptors (Lipinski definition) is 3. The third-order valence-corrected chi connectivity index (χ3v) is 1.61. The van der Waals surface area contributed by atoms with Gasteiger partial charge in [0.1, 0.15) is 0 Å². The fourth-order valence-electron chi connectivity index (χ4n) is 1.10. The Labute approximate surface area is 87.0 Å². The van der Waals surface area contributed by atoms with Crippen molar-refractivity contribution in [1.29, 1.82) is 0 Å². The van der Waals surface area contributed by atoms with E-state index in [1.54, 1.807) is 0 Å². The molecule has 0 bridgehead atoms. The van der Waals surface area contributed by atoms with E-state index < -0.39 is 29.9 Å². The number of rotatable bonds is 2. The Kier molecular flexibility index (Phi) is 3.20. The Hall–Kier alpha value is -1.60. The maximum atomic E-state index is 12.4. The number of hydrogen-bond donors (Lipinski definition) is 1. The maximum absolute atomic E-state index is 12.4. The summed E-state index contributed by atoms with van der Waals surface area (Å²) in [6.07, 6.45) is -8.21. The zero-order valence-corrected chi connectivity index (χ0v) is 7.98. The van der Waals surface area contributed by atoms with Gasteiger partial charge in [-0.3, -0.25) is 0 Å². The third kappa shape index (κ3) is 2.94. The van der Waals surface area contributed by atoms with Crippen LogP contribution in [0.25, 0.3) is 0 Å². The number of pyridine rings is 1. The molecule has 16 heavy (non-hydrogen) atoms. The van der Waals surface area contributed by atoms with E-state index in [1.165, 1.54) is 6.92 Å². The number of nitrogen functional groups attached to an aromatic ring is 1. The Bertz CT molecular complexity index is 391. The monoisotopic (exact) mass is 242 g/mol. The summed E-state index contributed by atoms with van der Waals surface area (Å²) >= 11 is 0. The van der Waals surface area contributed by atoms with Crippen LogP contribution in [0.1, 0.15) is 17.7 Å². The van der Waals surface area contributed by atoms with Crippen LogP contribution in [0.2, 0.25) is 0 Å². The molecule has 0 fully saturated rings. The molecule has 90 valence electrons. The van der Waals surface area contributed by atoms with Crippen LogP contribution in [0.3, 0.4) is 0 Å². The minimum Gasteiger partial charge on any atom is -0.401 e. The molecule has 0 spiro atoms. The smallest absolute Gasteiger partial charge is 0.401 e. The molecular formula is C8H7F5N2O. The second-order valence-corrected chi connectivity index (χ2v) is 2.92. The molecule has 1 aromatic rings. The third-order valence-electron chi connectivity index (χ3n) is 1.61. The molecule has 0 unspecified atom stereocenters. The van der Waals surface area contributed by atoms with Crippen molar-refractivity contribution in [1.82, 2.24) is 4.98 Å². The molecule has 0 aliphatic carbocycles. The second kappa shape index (κ2) is 4.11. The predicted molar refractivity (Wildman–Crippen MR) is 45.0 cm³/mol. The highest BCUT2D eigenvalue weighted by Gasteiger charge is 2.34. The van der Waals surface area contributed by atoms with Gasteiger partial charge in [-0.05, 0) is 13.0 Å². The van der Waals surface area contributed by atoms with Gasteiger partial charge in [0.05, 0.1) is 5.56 Å². The van der Waals surface area contributed by atoms with E-state index in [0.29, 0.717) is 0 Å². The van der Waals surface area contributed by atoms with E-state index in [0.717, 1.165) is 6.07 Å². The summed E-state index contributed by atoms with van der Waals surface area (Å²) in [5, 5.41) is 0. The number of ether oxygens (including phenoxy) is 1. The molecular weight excluding hydrogens is 235 g/mol. The van der Waals surface area contributed by atoms with E-state index in [4.69, 9.17) is 5.73 Å². The van der Waals surface area contributed by atoms with Crippen molar-refractivity contribution in [3.8, 4) is 5.75 Å². The molecule has 0 aliphatic heterocycles. The summed E-state index contributed by atoms with van der Waals surface area (Å²) in [7, 11) is 0. The van der Waals surface area contributed by atoms with Crippen LogP contribution in [-0.2, 0) is 0 Å². The topological polar surface area (TPSA) is 48.1 Å². The molecule has 1 aromatic heterocycles. The van der Waals surface area contributed by atoms with Crippen LogP contribution in [0.4, 0.5) is 27.8 Å². The first-order valence-corrected chi connectivity index (χ1v) is 4.01. The van der Waals surface area contributed by atoms with Crippen molar-refractivity contribution in [2.45, 2.75) is 19.7 Å². The summed E-state index contributed by atoms with van der Waals surface area (Å²) in [5.74, 6) is -1.86. The fraction of sp³-hybridized carbons (Fsp3) is 0.375. The van der Waals surface area contributed by atoms with E-state index in [1.807, 2.05) is 0 Å². The van der Waals surface area contributed by atoms with Crippen molar-refractivity contribution in [3.63, 3.8) is 0 Å². The van der Waals surface area contributed by atoms with Crippen LogP contribution >= 0.6 is 0 Å². The second-order valence-electron chi connectivity index (χ2n) is 2.92. The highest BCUT2D eigenvalue weighted by Crippen LogP contribution is 2.36. The van der Waals surface area contributed by atoms with Gasteiger partial charge in [-0.2, -0.15) is 0 Å². The first kappa shape index (κ1) is 12.5. The summed E-state index contributed by atoms with van der Waals surface area (Å²) in [5.41, 5.74) is 4.25. The molecule has 0 aliphatic rings. The zero-order valence-electron chi connectivity index (χ0n) is 7.98. The van der Waals surface area contributed by atoms with Gasteiger partial charge in [0.2, 0.25) is 0 Å².